The molecule has 0 N–H and O–H groups in total. The molecular weight excluding hydrogens is 340 g/mol. The van der Waals surface area contributed by atoms with Crippen molar-refractivity contribution < 1.29 is 13.6 Å². The van der Waals surface area contributed by atoms with Crippen molar-refractivity contribution >= 4 is 32.6 Å². The van der Waals surface area contributed by atoms with Gasteiger partial charge in [0.25, 0.3) is 11.8 Å². The van der Waals surface area contributed by atoms with Crippen LogP contribution in [-0.2, 0) is 0 Å². The SMILES string of the molecule is O=C(c1cccc2cccc(Br)c12)N1CCC(F)(F)CC1. The fraction of sp³-hybridized carbons (Fsp3) is 0.312. The Balaban J connectivity index is 1.96. The first kappa shape index (κ1) is 14.4. The van der Waals surface area contributed by atoms with Gasteiger partial charge in [-0.05, 0) is 17.5 Å². The monoisotopic (exact) mass is 353 g/mol. The third-order valence-electron chi connectivity index (χ3n) is 3.87. The summed E-state index contributed by atoms with van der Waals surface area (Å²) in [5.74, 6) is -2.82. The van der Waals surface area contributed by atoms with Crippen LogP contribution < -0.4 is 0 Å². The molecule has 2 aromatic carbocycles. The third-order valence-corrected chi connectivity index (χ3v) is 4.53. The lowest BCUT2D eigenvalue weighted by Crippen LogP contribution is -2.42. The van der Waals surface area contributed by atoms with E-state index in [1.807, 2.05) is 30.3 Å². The molecule has 1 saturated heterocycles. The normalized spacial score (nSPS) is 18.0. The van der Waals surface area contributed by atoms with E-state index in [9.17, 15) is 13.6 Å². The summed E-state index contributed by atoms with van der Waals surface area (Å²) in [5.41, 5.74) is 0.560. The van der Waals surface area contributed by atoms with Crippen molar-refractivity contribution in [2.75, 3.05) is 13.1 Å². The van der Waals surface area contributed by atoms with E-state index in [1.54, 1.807) is 6.07 Å². The summed E-state index contributed by atoms with van der Waals surface area (Å²) < 4.78 is 27.3. The summed E-state index contributed by atoms with van der Waals surface area (Å²) in [6.45, 7) is 0.208. The molecule has 5 heteroatoms. The highest BCUT2D eigenvalue weighted by Crippen LogP contribution is 2.31. The standard InChI is InChI=1S/C16H14BrF2NO/c17-13-6-2-4-11-3-1-5-12(14(11)13)15(21)20-9-7-16(18,19)8-10-20/h1-6H,7-10H2. The van der Waals surface area contributed by atoms with E-state index in [0.717, 1.165) is 15.2 Å². The molecule has 0 radical (unpaired) electrons. The van der Waals surface area contributed by atoms with E-state index < -0.39 is 5.92 Å². The first-order valence-corrected chi connectivity index (χ1v) is 7.62. The van der Waals surface area contributed by atoms with Crippen LogP contribution in [-0.4, -0.2) is 29.8 Å². The minimum absolute atomic E-state index is 0.104. The number of alkyl halides is 2. The van der Waals surface area contributed by atoms with E-state index in [4.69, 9.17) is 0 Å². The summed E-state index contributed by atoms with van der Waals surface area (Å²) in [6, 6.07) is 11.2. The molecule has 110 valence electrons. The predicted molar refractivity (Wildman–Crippen MR) is 81.7 cm³/mol. The van der Waals surface area contributed by atoms with Gasteiger partial charge in [-0.3, -0.25) is 4.79 Å². The van der Waals surface area contributed by atoms with Crippen LogP contribution in [0.5, 0.6) is 0 Å². The van der Waals surface area contributed by atoms with Crippen LogP contribution in [0.2, 0.25) is 0 Å². The van der Waals surface area contributed by atoms with Crippen molar-refractivity contribution in [1.29, 1.82) is 0 Å². The Kier molecular flexibility index (Phi) is 3.69. The van der Waals surface area contributed by atoms with Gasteiger partial charge in [0.1, 0.15) is 0 Å². The number of amides is 1. The van der Waals surface area contributed by atoms with Gasteiger partial charge in [-0.15, -0.1) is 0 Å². The van der Waals surface area contributed by atoms with Gasteiger partial charge in [0.15, 0.2) is 0 Å². The lowest BCUT2D eigenvalue weighted by Gasteiger charge is -2.32. The topological polar surface area (TPSA) is 20.3 Å². The summed E-state index contributed by atoms with van der Waals surface area (Å²) in [6.07, 6.45) is -0.519. The molecule has 0 unspecified atom stereocenters. The largest absolute Gasteiger partial charge is 0.338 e. The second-order valence-electron chi connectivity index (χ2n) is 5.29. The van der Waals surface area contributed by atoms with Gasteiger partial charge >= 0.3 is 0 Å². The number of carbonyl (C=O) groups excluding carboxylic acids is 1. The number of benzene rings is 2. The molecule has 0 saturated carbocycles. The van der Waals surface area contributed by atoms with Gasteiger partial charge in [0.05, 0.1) is 0 Å². The van der Waals surface area contributed by atoms with Crippen LogP contribution in [0, 0.1) is 0 Å². The first-order valence-electron chi connectivity index (χ1n) is 6.82. The Morgan fingerprint density at radius 3 is 2.38 bits per heavy atom. The first-order chi connectivity index (χ1) is 9.98. The number of carbonyl (C=O) groups is 1. The lowest BCUT2D eigenvalue weighted by atomic mass is 10.0. The summed E-state index contributed by atoms with van der Waals surface area (Å²) >= 11 is 3.47. The van der Waals surface area contributed by atoms with E-state index in [1.165, 1.54) is 4.90 Å². The second-order valence-corrected chi connectivity index (χ2v) is 6.15. The molecule has 1 aliphatic heterocycles. The fourth-order valence-electron chi connectivity index (χ4n) is 2.68. The Labute approximate surface area is 129 Å². The molecule has 1 aliphatic rings. The minimum Gasteiger partial charge on any atom is -0.338 e. The average molecular weight is 354 g/mol. The van der Waals surface area contributed by atoms with Crippen molar-refractivity contribution in [3.8, 4) is 0 Å². The Bertz CT molecular complexity index is 686. The van der Waals surface area contributed by atoms with Gasteiger partial charge in [-0.2, -0.15) is 0 Å². The lowest BCUT2D eigenvalue weighted by molar-refractivity contribution is -0.0493. The number of likely N-dealkylation sites (tertiary alicyclic amines) is 1. The fourth-order valence-corrected chi connectivity index (χ4v) is 3.28. The van der Waals surface area contributed by atoms with Gasteiger partial charge in [0, 0.05) is 41.4 Å². The predicted octanol–water partition coefficient (Wildman–Crippen LogP) is 4.47. The smallest absolute Gasteiger partial charge is 0.254 e. The molecular formula is C16H14BrF2NO. The Hall–Kier alpha value is -1.49. The molecule has 1 fully saturated rings. The van der Waals surface area contributed by atoms with Crippen molar-refractivity contribution in [1.82, 2.24) is 4.90 Å². The maximum Gasteiger partial charge on any atom is 0.254 e. The zero-order valence-corrected chi connectivity index (χ0v) is 12.9. The minimum atomic E-state index is -2.64. The molecule has 2 aromatic rings. The van der Waals surface area contributed by atoms with Crippen LogP contribution in [0.15, 0.2) is 40.9 Å². The van der Waals surface area contributed by atoms with Gasteiger partial charge in [-0.25, -0.2) is 8.78 Å². The average Bonchev–Trinajstić information content (AvgIpc) is 2.46. The van der Waals surface area contributed by atoms with Crippen LogP contribution in [0.3, 0.4) is 0 Å². The highest BCUT2D eigenvalue weighted by Gasteiger charge is 2.36. The van der Waals surface area contributed by atoms with E-state index in [2.05, 4.69) is 15.9 Å². The Morgan fingerprint density at radius 1 is 1.10 bits per heavy atom. The number of hydrogen-bond acceptors (Lipinski definition) is 1. The van der Waals surface area contributed by atoms with Crippen molar-refractivity contribution in [2.24, 2.45) is 0 Å². The molecule has 0 spiro atoms. The summed E-state index contributed by atoms with van der Waals surface area (Å²) in [7, 11) is 0. The molecule has 0 bridgehead atoms. The molecule has 1 amide bonds. The summed E-state index contributed by atoms with van der Waals surface area (Å²) in [4.78, 5) is 14.2. The number of nitrogens with zero attached hydrogens (tertiary/aromatic N) is 1. The van der Waals surface area contributed by atoms with Crippen molar-refractivity contribution in [2.45, 2.75) is 18.8 Å². The van der Waals surface area contributed by atoms with Crippen molar-refractivity contribution in [3.63, 3.8) is 0 Å². The quantitative estimate of drug-likeness (QED) is 0.740. The number of hydrogen-bond donors (Lipinski definition) is 0. The van der Waals surface area contributed by atoms with E-state index >= 15 is 0 Å². The van der Waals surface area contributed by atoms with Gasteiger partial charge in [0.2, 0.25) is 0 Å². The highest BCUT2D eigenvalue weighted by atomic mass is 79.9. The van der Waals surface area contributed by atoms with Crippen LogP contribution >= 0.6 is 15.9 Å². The number of halogens is 3. The number of piperidine rings is 1. The van der Waals surface area contributed by atoms with Crippen LogP contribution in [0.25, 0.3) is 10.8 Å². The Morgan fingerprint density at radius 2 is 1.71 bits per heavy atom. The number of rotatable bonds is 1. The number of fused-ring (bicyclic) bond motifs is 1. The molecule has 21 heavy (non-hydrogen) atoms. The van der Waals surface area contributed by atoms with Gasteiger partial charge in [-0.1, -0.05) is 40.2 Å². The maximum absolute atomic E-state index is 13.2. The van der Waals surface area contributed by atoms with Crippen LogP contribution in [0.4, 0.5) is 8.78 Å². The van der Waals surface area contributed by atoms with Crippen molar-refractivity contribution in [3.05, 3.63) is 46.4 Å². The zero-order valence-electron chi connectivity index (χ0n) is 11.3. The molecule has 1 heterocycles. The molecule has 0 aromatic heterocycles. The molecule has 3 rings (SSSR count). The maximum atomic E-state index is 13.2. The molecule has 0 atom stereocenters. The van der Waals surface area contributed by atoms with Crippen LogP contribution in [0.1, 0.15) is 23.2 Å². The van der Waals surface area contributed by atoms with E-state index in [0.29, 0.717) is 5.56 Å². The third kappa shape index (κ3) is 2.79. The zero-order chi connectivity index (χ0) is 15.0. The van der Waals surface area contributed by atoms with E-state index in [-0.39, 0.29) is 31.8 Å². The highest BCUT2D eigenvalue weighted by molar-refractivity contribution is 9.10. The second kappa shape index (κ2) is 5.37. The van der Waals surface area contributed by atoms with Gasteiger partial charge < -0.3 is 4.90 Å². The molecule has 2 nitrogen and oxygen atoms in total. The molecule has 0 aliphatic carbocycles. The summed E-state index contributed by atoms with van der Waals surface area (Å²) in [5, 5.41) is 1.79.